The van der Waals surface area contributed by atoms with Crippen molar-refractivity contribution in [3.8, 4) is 0 Å². The molecule has 0 amide bonds. The molecule has 0 rings (SSSR count). The maximum atomic E-state index is 10.8. The van der Waals surface area contributed by atoms with Crippen molar-refractivity contribution in [3.05, 3.63) is 0 Å². The molecule has 0 aliphatic heterocycles. The van der Waals surface area contributed by atoms with E-state index in [0.29, 0.717) is 18.7 Å². The van der Waals surface area contributed by atoms with Gasteiger partial charge in [0.05, 0.1) is 5.71 Å². The standard InChI is InChI=1S/C7H13NO/c1-4-7(9)6(3)8-5-2/h4-5H2,1-3H3. The van der Waals surface area contributed by atoms with Crippen molar-refractivity contribution in [2.75, 3.05) is 6.54 Å². The van der Waals surface area contributed by atoms with E-state index in [1.165, 1.54) is 0 Å². The Balaban J connectivity index is 3.86. The van der Waals surface area contributed by atoms with E-state index >= 15 is 0 Å². The van der Waals surface area contributed by atoms with Crippen molar-refractivity contribution < 1.29 is 4.79 Å². The lowest BCUT2D eigenvalue weighted by Crippen LogP contribution is -2.08. The SMILES string of the molecule is CCN=C(C)C(=O)CC. The molecule has 0 saturated heterocycles. The van der Waals surface area contributed by atoms with E-state index in [1.54, 1.807) is 6.92 Å². The third-order valence-electron chi connectivity index (χ3n) is 1.12. The predicted octanol–water partition coefficient (Wildman–Crippen LogP) is 1.45. The second-order valence-corrected chi connectivity index (χ2v) is 1.84. The van der Waals surface area contributed by atoms with Crippen LogP contribution in [-0.2, 0) is 4.79 Å². The summed E-state index contributed by atoms with van der Waals surface area (Å²) in [6.45, 7) is 6.23. The highest BCUT2D eigenvalue weighted by molar-refractivity contribution is 6.38. The second kappa shape index (κ2) is 4.24. The van der Waals surface area contributed by atoms with Gasteiger partial charge in [-0.3, -0.25) is 9.79 Å². The number of ketones is 1. The van der Waals surface area contributed by atoms with Gasteiger partial charge >= 0.3 is 0 Å². The van der Waals surface area contributed by atoms with E-state index in [4.69, 9.17) is 0 Å². The number of carbonyl (C=O) groups is 1. The van der Waals surface area contributed by atoms with E-state index in [-0.39, 0.29) is 5.78 Å². The van der Waals surface area contributed by atoms with Crippen LogP contribution in [-0.4, -0.2) is 18.0 Å². The molecule has 0 fully saturated rings. The topological polar surface area (TPSA) is 29.4 Å². The molecule has 0 aromatic carbocycles. The summed E-state index contributed by atoms with van der Waals surface area (Å²) in [5, 5.41) is 0. The molecule has 0 bridgehead atoms. The first-order valence-corrected chi connectivity index (χ1v) is 3.26. The largest absolute Gasteiger partial charge is 0.293 e. The number of rotatable bonds is 3. The quantitative estimate of drug-likeness (QED) is 0.527. The van der Waals surface area contributed by atoms with Crippen LogP contribution in [0.4, 0.5) is 0 Å². The van der Waals surface area contributed by atoms with Gasteiger partial charge in [-0.15, -0.1) is 0 Å². The minimum absolute atomic E-state index is 0.150. The van der Waals surface area contributed by atoms with Gasteiger partial charge in [-0.05, 0) is 13.8 Å². The number of hydrogen-bond acceptors (Lipinski definition) is 2. The predicted molar refractivity (Wildman–Crippen MR) is 38.9 cm³/mol. The van der Waals surface area contributed by atoms with Crippen LogP contribution in [0.25, 0.3) is 0 Å². The van der Waals surface area contributed by atoms with Gasteiger partial charge in [-0.1, -0.05) is 6.92 Å². The first-order chi connectivity index (χ1) is 4.22. The Morgan fingerprint density at radius 1 is 1.44 bits per heavy atom. The third kappa shape index (κ3) is 3.01. The summed E-state index contributed by atoms with van der Waals surface area (Å²) in [6, 6.07) is 0. The number of aliphatic imine (C=N–C) groups is 1. The van der Waals surface area contributed by atoms with Crippen LogP contribution < -0.4 is 0 Å². The molecule has 0 spiro atoms. The Hall–Kier alpha value is -0.660. The molecular weight excluding hydrogens is 114 g/mol. The van der Waals surface area contributed by atoms with E-state index < -0.39 is 0 Å². The molecule has 9 heavy (non-hydrogen) atoms. The minimum Gasteiger partial charge on any atom is -0.293 e. The minimum atomic E-state index is 0.150. The van der Waals surface area contributed by atoms with E-state index in [9.17, 15) is 4.79 Å². The number of Topliss-reactive ketones (excluding diaryl/α,β-unsaturated/α-hetero) is 1. The Morgan fingerprint density at radius 3 is 2.33 bits per heavy atom. The first-order valence-electron chi connectivity index (χ1n) is 3.26. The average molecular weight is 127 g/mol. The molecule has 0 aromatic heterocycles. The van der Waals surface area contributed by atoms with Crippen LogP contribution in [0.5, 0.6) is 0 Å². The summed E-state index contributed by atoms with van der Waals surface area (Å²) in [6.07, 6.45) is 0.565. The van der Waals surface area contributed by atoms with Crippen LogP contribution in [0.15, 0.2) is 4.99 Å². The summed E-state index contributed by atoms with van der Waals surface area (Å²) < 4.78 is 0. The Kier molecular flexibility index (Phi) is 3.93. The summed E-state index contributed by atoms with van der Waals surface area (Å²) >= 11 is 0. The molecule has 0 N–H and O–H groups in total. The molecule has 2 nitrogen and oxygen atoms in total. The molecule has 0 unspecified atom stereocenters. The molecule has 2 heteroatoms. The van der Waals surface area contributed by atoms with Gasteiger partial charge in [0.2, 0.25) is 0 Å². The highest BCUT2D eigenvalue weighted by Gasteiger charge is 1.99. The zero-order valence-corrected chi connectivity index (χ0v) is 6.27. The van der Waals surface area contributed by atoms with Crippen molar-refractivity contribution in [1.29, 1.82) is 0 Å². The smallest absolute Gasteiger partial charge is 0.176 e. The van der Waals surface area contributed by atoms with Crippen LogP contribution in [0, 0.1) is 0 Å². The Bertz CT molecular complexity index is 127. The lowest BCUT2D eigenvalue weighted by molar-refractivity contribution is -0.112. The lowest BCUT2D eigenvalue weighted by atomic mass is 10.2. The van der Waals surface area contributed by atoms with Crippen LogP contribution in [0.3, 0.4) is 0 Å². The summed E-state index contributed by atoms with van der Waals surface area (Å²) in [5.41, 5.74) is 0.653. The van der Waals surface area contributed by atoms with Gasteiger partial charge in [-0.2, -0.15) is 0 Å². The molecule has 0 heterocycles. The zero-order chi connectivity index (χ0) is 7.28. The van der Waals surface area contributed by atoms with Gasteiger partial charge in [0.15, 0.2) is 5.78 Å². The highest BCUT2D eigenvalue weighted by Crippen LogP contribution is 1.85. The van der Waals surface area contributed by atoms with E-state index in [0.717, 1.165) is 0 Å². The molecule has 0 aliphatic rings. The van der Waals surface area contributed by atoms with Crippen LogP contribution >= 0.6 is 0 Å². The second-order valence-electron chi connectivity index (χ2n) is 1.84. The maximum Gasteiger partial charge on any atom is 0.176 e. The molecule has 0 aromatic rings. The van der Waals surface area contributed by atoms with E-state index in [2.05, 4.69) is 4.99 Å². The Labute approximate surface area is 56.0 Å². The van der Waals surface area contributed by atoms with Crippen LogP contribution in [0.1, 0.15) is 27.2 Å². The molecule has 0 aliphatic carbocycles. The Morgan fingerprint density at radius 2 is 2.00 bits per heavy atom. The van der Waals surface area contributed by atoms with E-state index in [1.807, 2.05) is 13.8 Å². The van der Waals surface area contributed by atoms with Gasteiger partial charge < -0.3 is 0 Å². The maximum absolute atomic E-state index is 10.8. The van der Waals surface area contributed by atoms with Crippen molar-refractivity contribution in [2.45, 2.75) is 27.2 Å². The number of nitrogens with zero attached hydrogens (tertiary/aromatic N) is 1. The molecule has 0 radical (unpaired) electrons. The fraction of sp³-hybridized carbons (Fsp3) is 0.714. The van der Waals surface area contributed by atoms with Crippen molar-refractivity contribution >= 4 is 11.5 Å². The summed E-state index contributed by atoms with van der Waals surface area (Å²) in [5.74, 6) is 0.150. The monoisotopic (exact) mass is 127 g/mol. The molecule has 0 atom stereocenters. The van der Waals surface area contributed by atoms with Crippen molar-refractivity contribution in [2.24, 2.45) is 4.99 Å². The van der Waals surface area contributed by atoms with Crippen molar-refractivity contribution in [3.63, 3.8) is 0 Å². The lowest BCUT2D eigenvalue weighted by Gasteiger charge is -1.92. The first kappa shape index (κ1) is 8.34. The van der Waals surface area contributed by atoms with Crippen LogP contribution in [0.2, 0.25) is 0 Å². The van der Waals surface area contributed by atoms with Gasteiger partial charge in [0.25, 0.3) is 0 Å². The average Bonchev–Trinajstić information content (AvgIpc) is 1.87. The zero-order valence-electron chi connectivity index (χ0n) is 6.27. The highest BCUT2D eigenvalue weighted by atomic mass is 16.1. The fourth-order valence-electron chi connectivity index (χ4n) is 0.581. The fourth-order valence-corrected chi connectivity index (χ4v) is 0.581. The number of carbonyl (C=O) groups excluding carboxylic acids is 1. The number of hydrogen-bond donors (Lipinski definition) is 0. The molecular formula is C7H13NO. The van der Waals surface area contributed by atoms with Crippen molar-refractivity contribution in [1.82, 2.24) is 0 Å². The molecule has 52 valence electrons. The summed E-state index contributed by atoms with van der Waals surface area (Å²) in [4.78, 5) is 14.7. The third-order valence-corrected chi connectivity index (χ3v) is 1.12. The van der Waals surface area contributed by atoms with Gasteiger partial charge in [0.1, 0.15) is 0 Å². The molecule has 0 saturated carbocycles. The van der Waals surface area contributed by atoms with Gasteiger partial charge in [0, 0.05) is 13.0 Å². The summed E-state index contributed by atoms with van der Waals surface area (Å²) in [7, 11) is 0. The van der Waals surface area contributed by atoms with Gasteiger partial charge in [-0.25, -0.2) is 0 Å². The normalized spacial score (nSPS) is 11.7.